The molecule has 2 aromatic carbocycles. The highest BCUT2D eigenvalue weighted by molar-refractivity contribution is 5.89. The van der Waals surface area contributed by atoms with Crippen molar-refractivity contribution in [1.82, 2.24) is 15.5 Å². The first-order valence-electron chi connectivity index (χ1n) is 9.75. The number of urea groups is 1. The Labute approximate surface area is 166 Å². The molecule has 1 atom stereocenters. The number of nitrogens with zero attached hydrogens (tertiary/aromatic N) is 1. The number of likely N-dealkylation sites (tertiary alicyclic amines) is 1. The molecular formula is C22H28N4O2. The minimum Gasteiger partial charge on any atom is -0.359 e. The summed E-state index contributed by atoms with van der Waals surface area (Å²) >= 11 is 0. The van der Waals surface area contributed by atoms with Crippen LogP contribution in [0.15, 0.2) is 54.6 Å². The van der Waals surface area contributed by atoms with Crippen LogP contribution in [-0.4, -0.2) is 43.0 Å². The van der Waals surface area contributed by atoms with Crippen LogP contribution in [0.2, 0.25) is 0 Å². The van der Waals surface area contributed by atoms with Crippen molar-refractivity contribution in [1.29, 1.82) is 0 Å². The molecule has 0 saturated carbocycles. The summed E-state index contributed by atoms with van der Waals surface area (Å²) in [6.07, 6.45) is 2.03. The van der Waals surface area contributed by atoms with Gasteiger partial charge in [-0.15, -0.1) is 0 Å². The maximum atomic E-state index is 12.4. The fourth-order valence-corrected chi connectivity index (χ4v) is 3.48. The number of amides is 3. The Hall–Kier alpha value is -2.86. The summed E-state index contributed by atoms with van der Waals surface area (Å²) in [7, 11) is 1.63. The zero-order valence-corrected chi connectivity index (χ0v) is 16.3. The molecule has 148 valence electrons. The highest BCUT2D eigenvalue weighted by Crippen LogP contribution is 2.15. The van der Waals surface area contributed by atoms with Gasteiger partial charge in [-0.05, 0) is 36.1 Å². The van der Waals surface area contributed by atoms with Crippen LogP contribution in [0.5, 0.6) is 0 Å². The van der Waals surface area contributed by atoms with E-state index in [0.717, 1.165) is 37.3 Å². The third-order valence-electron chi connectivity index (χ3n) is 4.96. The van der Waals surface area contributed by atoms with Crippen molar-refractivity contribution in [3.05, 3.63) is 65.7 Å². The highest BCUT2D eigenvalue weighted by atomic mass is 16.2. The number of rotatable bonds is 7. The summed E-state index contributed by atoms with van der Waals surface area (Å²) in [6.45, 7) is 2.75. The molecule has 0 aliphatic carbocycles. The van der Waals surface area contributed by atoms with Gasteiger partial charge in [-0.2, -0.15) is 0 Å². The predicted octanol–water partition coefficient (Wildman–Crippen LogP) is 2.76. The van der Waals surface area contributed by atoms with Crippen LogP contribution in [0.4, 0.5) is 10.5 Å². The van der Waals surface area contributed by atoms with Crippen molar-refractivity contribution < 1.29 is 9.59 Å². The molecule has 0 radical (unpaired) electrons. The smallest absolute Gasteiger partial charge is 0.319 e. The van der Waals surface area contributed by atoms with Crippen LogP contribution in [0.1, 0.15) is 24.0 Å². The van der Waals surface area contributed by atoms with Crippen LogP contribution < -0.4 is 16.0 Å². The zero-order chi connectivity index (χ0) is 19.8. The standard InChI is InChI=1S/C22H28N4O2/c1-23-21(27)11-10-17-8-5-9-19(14-17)24-22(28)25-20-12-13-26(16-20)15-18-6-3-2-4-7-18/h2-9,14,20H,10-13,15-16H2,1H3,(H,23,27)(H2,24,25,28)/t20-/m1/s1. The lowest BCUT2D eigenvalue weighted by atomic mass is 10.1. The molecule has 1 heterocycles. The third-order valence-corrected chi connectivity index (χ3v) is 4.96. The Morgan fingerprint density at radius 1 is 1.07 bits per heavy atom. The first-order chi connectivity index (χ1) is 13.6. The third kappa shape index (κ3) is 6.09. The topological polar surface area (TPSA) is 73.5 Å². The second-order valence-corrected chi connectivity index (χ2v) is 7.18. The molecule has 0 aromatic heterocycles. The minimum absolute atomic E-state index is 0.0115. The Morgan fingerprint density at radius 2 is 1.86 bits per heavy atom. The molecule has 6 heteroatoms. The number of hydrogen-bond acceptors (Lipinski definition) is 3. The number of carbonyl (C=O) groups excluding carboxylic acids is 2. The second kappa shape index (κ2) is 9.90. The van der Waals surface area contributed by atoms with Gasteiger partial charge in [0.05, 0.1) is 0 Å². The van der Waals surface area contributed by atoms with E-state index in [2.05, 4.69) is 45.1 Å². The molecule has 0 bridgehead atoms. The number of benzene rings is 2. The maximum absolute atomic E-state index is 12.4. The summed E-state index contributed by atoms with van der Waals surface area (Å²) in [5.41, 5.74) is 3.06. The quantitative estimate of drug-likeness (QED) is 0.692. The molecular weight excluding hydrogens is 352 g/mol. The second-order valence-electron chi connectivity index (χ2n) is 7.18. The summed E-state index contributed by atoms with van der Waals surface area (Å²) in [6, 6.07) is 18.0. The van der Waals surface area contributed by atoms with E-state index in [1.165, 1.54) is 5.56 Å². The first kappa shape index (κ1) is 19.9. The summed E-state index contributed by atoms with van der Waals surface area (Å²) in [5, 5.41) is 8.59. The Balaban J connectivity index is 1.45. The van der Waals surface area contributed by atoms with Crippen molar-refractivity contribution in [2.75, 3.05) is 25.5 Å². The van der Waals surface area contributed by atoms with Gasteiger partial charge in [0.25, 0.3) is 0 Å². The average Bonchev–Trinajstić information content (AvgIpc) is 3.13. The van der Waals surface area contributed by atoms with Crippen molar-refractivity contribution in [3.8, 4) is 0 Å². The normalized spacial score (nSPS) is 16.5. The Morgan fingerprint density at radius 3 is 2.64 bits per heavy atom. The number of aryl methyl sites for hydroxylation is 1. The molecule has 1 saturated heterocycles. The van der Waals surface area contributed by atoms with Gasteiger partial charge in [-0.1, -0.05) is 42.5 Å². The molecule has 3 amide bonds. The lowest BCUT2D eigenvalue weighted by molar-refractivity contribution is -0.120. The van der Waals surface area contributed by atoms with E-state index < -0.39 is 0 Å². The molecule has 2 aromatic rings. The SMILES string of the molecule is CNC(=O)CCc1cccc(NC(=O)N[C@@H]2CCN(Cc3ccccc3)C2)c1. The van der Waals surface area contributed by atoms with E-state index in [9.17, 15) is 9.59 Å². The first-order valence-corrected chi connectivity index (χ1v) is 9.75. The minimum atomic E-state index is -0.185. The van der Waals surface area contributed by atoms with E-state index in [4.69, 9.17) is 0 Å². The summed E-state index contributed by atoms with van der Waals surface area (Å²) in [5.74, 6) is 0.0115. The van der Waals surface area contributed by atoms with Crippen LogP contribution in [0, 0.1) is 0 Å². The lowest BCUT2D eigenvalue weighted by Crippen LogP contribution is -2.39. The summed E-state index contributed by atoms with van der Waals surface area (Å²) < 4.78 is 0. The van der Waals surface area contributed by atoms with E-state index in [-0.39, 0.29) is 18.0 Å². The molecule has 3 N–H and O–H groups in total. The molecule has 1 fully saturated rings. The van der Waals surface area contributed by atoms with Crippen LogP contribution in [-0.2, 0) is 17.8 Å². The molecule has 28 heavy (non-hydrogen) atoms. The van der Waals surface area contributed by atoms with Gasteiger partial charge in [0, 0.05) is 44.8 Å². The highest BCUT2D eigenvalue weighted by Gasteiger charge is 2.23. The average molecular weight is 380 g/mol. The van der Waals surface area contributed by atoms with Gasteiger partial charge in [0.15, 0.2) is 0 Å². The largest absolute Gasteiger partial charge is 0.359 e. The van der Waals surface area contributed by atoms with Crippen LogP contribution in [0.25, 0.3) is 0 Å². The zero-order valence-electron chi connectivity index (χ0n) is 16.3. The van der Waals surface area contributed by atoms with Crippen LogP contribution >= 0.6 is 0 Å². The van der Waals surface area contributed by atoms with Gasteiger partial charge in [0.2, 0.25) is 5.91 Å². The predicted molar refractivity (Wildman–Crippen MR) is 111 cm³/mol. The van der Waals surface area contributed by atoms with E-state index in [1.54, 1.807) is 7.05 Å². The van der Waals surface area contributed by atoms with Crippen molar-refractivity contribution in [3.63, 3.8) is 0 Å². The Kier molecular flexibility index (Phi) is 7.03. The van der Waals surface area contributed by atoms with Crippen molar-refractivity contribution in [2.24, 2.45) is 0 Å². The monoisotopic (exact) mass is 380 g/mol. The number of hydrogen-bond donors (Lipinski definition) is 3. The lowest BCUT2D eigenvalue weighted by Gasteiger charge is -2.17. The summed E-state index contributed by atoms with van der Waals surface area (Å²) in [4.78, 5) is 26.1. The van der Waals surface area contributed by atoms with Crippen molar-refractivity contribution in [2.45, 2.75) is 31.8 Å². The number of nitrogens with one attached hydrogen (secondary N) is 3. The van der Waals surface area contributed by atoms with E-state index in [0.29, 0.717) is 12.8 Å². The van der Waals surface area contributed by atoms with Gasteiger partial charge < -0.3 is 16.0 Å². The molecule has 6 nitrogen and oxygen atoms in total. The Bertz CT molecular complexity index is 794. The molecule has 0 unspecified atom stereocenters. The fourth-order valence-electron chi connectivity index (χ4n) is 3.48. The maximum Gasteiger partial charge on any atom is 0.319 e. The van der Waals surface area contributed by atoms with Gasteiger partial charge in [-0.25, -0.2) is 4.79 Å². The molecule has 1 aliphatic heterocycles. The van der Waals surface area contributed by atoms with Gasteiger partial charge in [0.1, 0.15) is 0 Å². The van der Waals surface area contributed by atoms with Gasteiger partial charge in [-0.3, -0.25) is 9.69 Å². The molecule has 0 spiro atoms. The van der Waals surface area contributed by atoms with E-state index in [1.807, 2.05) is 30.3 Å². The van der Waals surface area contributed by atoms with Crippen molar-refractivity contribution >= 4 is 17.6 Å². The van der Waals surface area contributed by atoms with Crippen LogP contribution in [0.3, 0.4) is 0 Å². The van der Waals surface area contributed by atoms with Gasteiger partial charge >= 0.3 is 6.03 Å². The number of anilines is 1. The molecule has 3 rings (SSSR count). The fraction of sp³-hybridized carbons (Fsp3) is 0.364. The number of carbonyl (C=O) groups is 2. The van der Waals surface area contributed by atoms with E-state index >= 15 is 0 Å². The molecule has 1 aliphatic rings.